The van der Waals surface area contributed by atoms with Gasteiger partial charge in [-0.05, 0) is 36.5 Å². The largest absolute Gasteiger partial charge is 0.378 e. The van der Waals surface area contributed by atoms with E-state index < -0.39 is 0 Å². The first-order chi connectivity index (χ1) is 10.8. The molecule has 5 heteroatoms. The number of hydrogen-bond acceptors (Lipinski definition) is 3. The Morgan fingerprint density at radius 2 is 1.95 bits per heavy atom. The van der Waals surface area contributed by atoms with E-state index in [1.807, 2.05) is 0 Å². The maximum absolute atomic E-state index is 5.91. The van der Waals surface area contributed by atoms with Crippen molar-refractivity contribution in [3.05, 3.63) is 29.8 Å². The average molecular weight is 302 g/mol. The predicted octanol–water partition coefficient (Wildman–Crippen LogP) is 1.73. The van der Waals surface area contributed by atoms with Crippen LogP contribution in [-0.4, -0.2) is 38.8 Å². The molecule has 3 N–H and O–H groups in total. The number of nitrogens with zero attached hydrogens (tertiary/aromatic N) is 2. The predicted molar refractivity (Wildman–Crippen MR) is 90.1 cm³/mol. The van der Waals surface area contributed by atoms with Gasteiger partial charge in [-0.15, -0.1) is 0 Å². The molecule has 2 fully saturated rings. The SMILES string of the molecule is NC(=NCc1ccc(N2CCOCC2)cc1)NCC1CCC1. The molecule has 0 bridgehead atoms. The molecule has 1 heterocycles. The van der Waals surface area contributed by atoms with Gasteiger partial charge in [-0.25, -0.2) is 4.99 Å². The highest BCUT2D eigenvalue weighted by molar-refractivity contribution is 5.77. The highest BCUT2D eigenvalue weighted by atomic mass is 16.5. The number of benzene rings is 1. The van der Waals surface area contributed by atoms with Crippen LogP contribution in [0, 0.1) is 5.92 Å². The highest BCUT2D eigenvalue weighted by Crippen LogP contribution is 2.25. The normalized spacial score (nSPS) is 19.8. The Balaban J connectivity index is 1.47. The Bertz CT molecular complexity index is 490. The second kappa shape index (κ2) is 7.49. The lowest BCUT2D eigenvalue weighted by Crippen LogP contribution is -2.37. The molecule has 0 amide bonds. The van der Waals surface area contributed by atoms with Crippen molar-refractivity contribution in [3.8, 4) is 0 Å². The summed E-state index contributed by atoms with van der Waals surface area (Å²) in [5.41, 5.74) is 8.35. The van der Waals surface area contributed by atoms with Gasteiger partial charge in [0.15, 0.2) is 5.96 Å². The maximum atomic E-state index is 5.91. The zero-order valence-corrected chi connectivity index (χ0v) is 13.1. The monoisotopic (exact) mass is 302 g/mol. The number of aliphatic imine (C=N–C) groups is 1. The van der Waals surface area contributed by atoms with E-state index in [4.69, 9.17) is 10.5 Å². The van der Waals surface area contributed by atoms with Gasteiger partial charge in [0.1, 0.15) is 0 Å². The molecular formula is C17H26N4O. The van der Waals surface area contributed by atoms with Crippen molar-refractivity contribution in [2.45, 2.75) is 25.8 Å². The van der Waals surface area contributed by atoms with E-state index in [0.29, 0.717) is 12.5 Å². The molecule has 0 unspecified atom stereocenters. The summed E-state index contributed by atoms with van der Waals surface area (Å²) in [5.74, 6) is 1.35. The van der Waals surface area contributed by atoms with E-state index in [2.05, 4.69) is 39.5 Å². The van der Waals surface area contributed by atoms with Crippen LogP contribution in [0.5, 0.6) is 0 Å². The molecule has 0 radical (unpaired) electrons. The van der Waals surface area contributed by atoms with Crippen molar-refractivity contribution in [2.75, 3.05) is 37.7 Å². The summed E-state index contributed by atoms with van der Waals surface area (Å²) in [7, 11) is 0. The Morgan fingerprint density at radius 3 is 2.59 bits per heavy atom. The topological polar surface area (TPSA) is 62.9 Å². The molecule has 2 aliphatic rings. The van der Waals surface area contributed by atoms with Crippen LogP contribution in [-0.2, 0) is 11.3 Å². The number of rotatable bonds is 5. The highest BCUT2D eigenvalue weighted by Gasteiger charge is 2.16. The molecule has 1 saturated heterocycles. The van der Waals surface area contributed by atoms with Crippen molar-refractivity contribution in [1.29, 1.82) is 0 Å². The van der Waals surface area contributed by atoms with Gasteiger partial charge in [-0.2, -0.15) is 0 Å². The maximum Gasteiger partial charge on any atom is 0.188 e. The fourth-order valence-corrected chi connectivity index (χ4v) is 2.81. The van der Waals surface area contributed by atoms with E-state index >= 15 is 0 Å². The summed E-state index contributed by atoms with van der Waals surface area (Å²) < 4.78 is 5.38. The average Bonchev–Trinajstić information content (AvgIpc) is 2.53. The minimum atomic E-state index is 0.559. The molecule has 1 aromatic rings. The standard InChI is InChI=1S/C17H26N4O/c18-17(19-12-14-2-1-3-14)20-13-15-4-6-16(7-5-15)21-8-10-22-11-9-21/h4-7,14H,1-3,8-13H2,(H3,18,19,20). The third-order valence-electron chi connectivity index (χ3n) is 4.54. The fourth-order valence-electron chi connectivity index (χ4n) is 2.81. The summed E-state index contributed by atoms with van der Waals surface area (Å²) in [6.45, 7) is 5.16. The van der Waals surface area contributed by atoms with Crippen LogP contribution < -0.4 is 16.0 Å². The molecule has 1 aromatic carbocycles. The molecule has 22 heavy (non-hydrogen) atoms. The van der Waals surface area contributed by atoms with Crippen molar-refractivity contribution in [3.63, 3.8) is 0 Å². The third kappa shape index (κ3) is 4.13. The van der Waals surface area contributed by atoms with Crippen LogP contribution in [0.25, 0.3) is 0 Å². The number of anilines is 1. The minimum absolute atomic E-state index is 0.559. The lowest BCUT2D eigenvalue weighted by atomic mass is 9.85. The Labute approximate surface area is 132 Å². The number of nitrogens with one attached hydrogen (secondary N) is 1. The number of hydrogen-bond donors (Lipinski definition) is 2. The van der Waals surface area contributed by atoms with Gasteiger partial charge < -0.3 is 20.7 Å². The van der Waals surface area contributed by atoms with Crippen molar-refractivity contribution in [1.82, 2.24) is 5.32 Å². The number of nitrogens with two attached hydrogens (primary N) is 1. The fraction of sp³-hybridized carbons (Fsp3) is 0.588. The van der Waals surface area contributed by atoms with Crippen LogP contribution in [0.4, 0.5) is 5.69 Å². The van der Waals surface area contributed by atoms with Gasteiger partial charge in [0, 0.05) is 25.3 Å². The number of ether oxygens (including phenoxy) is 1. The second-order valence-corrected chi connectivity index (χ2v) is 6.15. The Morgan fingerprint density at radius 1 is 1.23 bits per heavy atom. The molecule has 120 valence electrons. The first kappa shape index (κ1) is 15.2. The van der Waals surface area contributed by atoms with Gasteiger partial charge in [0.05, 0.1) is 19.8 Å². The minimum Gasteiger partial charge on any atom is -0.378 e. The smallest absolute Gasteiger partial charge is 0.188 e. The number of guanidine groups is 1. The molecule has 1 aliphatic carbocycles. The van der Waals surface area contributed by atoms with Crippen LogP contribution in [0.3, 0.4) is 0 Å². The van der Waals surface area contributed by atoms with E-state index in [9.17, 15) is 0 Å². The zero-order valence-electron chi connectivity index (χ0n) is 13.1. The quantitative estimate of drug-likeness (QED) is 0.642. The summed E-state index contributed by atoms with van der Waals surface area (Å²) in [4.78, 5) is 6.77. The van der Waals surface area contributed by atoms with E-state index in [1.165, 1.54) is 30.5 Å². The molecule has 5 nitrogen and oxygen atoms in total. The molecule has 0 atom stereocenters. The number of morpholine rings is 1. The first-order valence-electron chi connectivity index (χ1n) is 8.27. The van der Waals surface area contributed by atoms with Crippen molar-refractivity contribution >= 4 is 11.6 Å². The van der Waals surface area contributed by atoms with Gasteiger partial charge in [0.2, 0.25) is 0 Å². The van der Waals surface area contributed by atoms with E-state index in [-0.39, 0.29) is 0 Å². The lowest BCUT2D eigenvalue weighted by Gasteiger charge is -2.28. The van der Waals surface area contributed by atoms with Crippen molar-refractivity contribution in [2.24, 2.45) is 16.6 Å². The van der Waals surface area contributed by atoms with Crippen LogP contribution in [0.2, 0.25) is 0 Å². The summed E-state index contributed by atoms with van der Waals surface area (Å²) in [6, 6.07) is 8.59. The lowest BCUT2D eigenvalue weighted by molar-refractivity contribution is 0.122. The van der Waals surface area contributed by atoms with E-state index in [1.54, 1.807) is 0 Å². The van der Waals surface area contributed by atoms with Crippen molar-refractivity contribution < 1.29 is 4.74 Å². The second-order valence-electron chi connectivity index (χ2n) is 6.15. The van der Waals surface area contributed by atoms with Crippen LogP contribution >= 0.6 is 0 Å². The first-order valence-corrected chi connectivity index (χ1v) is 8.27. The molecule has 1 saturated carbocycles. The molecule has 0 aromatic heterocycles. The van der Waals surface area contributed by atoms with Gasteiger partial charge in [0.25, 0.3) is 0 Å². The third-order valence-corrected chi connectivity index (χ3v) is 4.54. The molecule has 3 rings (SSSR count). The molecule has 0 spiro atoms. The van der Waals surface area contributed by atoms with Gasteiger partial charge in [-0.1, -0.05) is 18.6 Å². The Kier molecular flexibility index (Phi) is 5.16. The zero-order chi connectivity index (χ0) is 15.2. The Hall–Kier alpha value is -1.75. The van der Waals surface area contributed by atoms with Crippen LogP contribution in [0.1, 0.15) is 24.8 Å². The van der Waals surface area contributed by atoms with Gasteiger partial charge in [-0.3, -0.25) is 0 Å². The molecular weight excluding hydrogens is 276 g/mol. The summed E-state index contributed by atoms with van der Waals surface area (Å²) in [5, 5.41) is 3.22. The summed E-state index contributed by atoms with van der Waals surface area (Å²) in [6.07, 6.45) is 4.01. The van der Waals surface area contributed by atoms with E-state index in [0.717, 1.165) is 38.8 Å². The van der Waals surface area contributed by atoms with Crippen LogP contribution in [0.15, 0.2) is 29.3 Å². The van der Waals surface area contributed by atoms with Gasteiger partial charge >= 0.3 is 0 Å². The molecule has 1 aliphatic heterocycles. The summed E-state index contributed by atoms with van der Waals surface area (Å²) >= 11 is 0.